The number of urea groups is 1. The Bertz CT molecular complexity index is 2430. The van der Waals surface area contributed by atoms with Crippen LogP contribution >= 0.6 is 11.6 Å². The van der Waals surface area contributed by atoms with Crippen LogP contribution < -0.4 is 36.9 Å². The molecule has 16 heteroatoms. The van der Waals surface area contributed by atoms with Crippen molar-refractivity contribution in [1.29, 1.82) is 0 Å². The van der Waals surface area contributed by atoms with Gasteiger partial charge in [-0.3, -0.25) is 28.8 Å². The van der Waals surface area contributed by atoms with Crippen molar-refractivity contribution in [2.45, 2.75) is 78.6 Å². The summed E-state index contributed by atoms with van der Waals surface area (Å²) in [6.45, 7) is 8.17. The van der Waals surface area contributed by atoms with E-state index in [1.807, 2.05) is 69.8 Å². The topological polar surface area (TPSA) is 214 Å². The van der Waals surface area contributed by atoms with Gasteiger partial charge in [-0.05, 0) is 54.7 Å². The van der Waals surface area contributed by atoms with E-state index in [4.69, 9.17) is 17.3 Å². The van der Waals surface area contributed by atoms with Crippen molar-refractivity contribution < 1.29 is 38.1 Å². The van der Waals surface area contributed by atoms with E-state index >= 15 is 0 Å². The smallest absolute Gasteiger partial charge is 0.312 e. The zero-order chi connectivity index (χ0) is 45.6. The fraction of sp³-hybridized carbons (Fsp3) is 0.319. The summed E-state index contributed by atoms with van der Waals surface area (Å²) in [4.78, 5) is 89.6. The highest BCUT2D eigenvalue weighted by molar-refractivity contribution is 6.48. The van der Waals surface area contributed by atoms with Crippen LogP contribution in [0, 0.1) is 11.8 Å². The molecule has 5 rings (SSSR count). The van der Waals surface area contributed by atoms with Gasteiger partial charge in [-0.2, -0.15) is 0 Å². The number of nitrogens with two attached hydrogens (primary N) is 1. The summed E-state index contributed by atoms with van der Waals surface area (Å²) < 4.78 is 3.82. The number of pyridine rings is 1. The number of hydrogen-bond donors (Lipinski definition) is 6. The zero-order valence-corrected chi connectivity index (χ0v) is 36.5. The number of primary amides is 1. The van der Waals surface area contributed by atoms with E-state index in [-0.39, 0.29) is 43.4 Å². The first kappa shape index (κ1) is 47.2. The molecule has 6 amide bonds. The van der Waals surface area contributed by atoms with E-state index in [1.165, 1.54) is 0 Å². The summed E-state index contributed by atoms with van der Waals surface area (Å²) in [6, 6.07) is 22.7. The van der Waals surface area contributed by atoms with Crippen molar-refractivity contribution in [3.8, 4) is 0 Å². The maximum atomic E-state index is 13.6. The third kappa shape index (κ3) is 13.8. The highest BCUT2D eigenvalue weighted by atomic mass is 35.5. The number of rotatable bonds is 21. The minimum atomic E-state index is -1.02. The van der Waals surface area contributed by atoms with Gasteiger partial charge < -0.3 is 36.9 Å². The van der Waals surface area contributed by atoms with Gasteiger partial charge in [0.25, 0.3) is 11.7 Å². The molecule has 0 fully saturated rings. The van der Waals surface area contributed by atoms with Gasteiger partial charge >= 0.3 is 6.03 Å². The molecule has 63 heavy (non-hydrogen) atoms. The number of hydrogen-bond acceptors (Lipinski definition) is 7. The standard InChI is InChI=1S/C47H53ClN8O7/c1-29(2)40(57)19-20-41(58)54-42(30(3)4)45(61)53-38(9-7-23-50-47(49)63)44(60)51-34-17-13-31(14-18-34)26-55-24-21-35(22-25-55)52-46(62)43(59)37-28-56(39-10-6-5-8-36(37)39)27-32-11-15-33(48)16-12-32/h5-6,8,10-18,21-22,24-25,28-30,38,42H,7,9,19-20,23,26-27H2,1-4H3,(H6,49,50,51,53,54,58,60,61,63)/p+1/t38-,42-/m0/s1. The Kier molecular flexibility index (Phi) is 16.7. The average molecular weight is 878 g/mol. The van der Waals surface area contributed by atoms with Gasteiger partial charge in [-0.1, -0.05) is 81.8 Å². The lowest BCUT2D eigenvalue weighted by Gasteiger charge is -2.25. The van der Waals surface area contributed by atoms with Crippen molar-refractivity contribution in [3.05, 3.63) is 125 Å². The zero-order valence-electron chi connectivity index (χ0n) is 35.8. The van der Waals surface area contributed by atoms with E-state index in [1.54, 1.807) is 70.6 Å². The molecule has 0 spiro atoms. The Labute approximate surface area is 371 Å². The Morgan fingerprint density at radius 3 is 2.05 bits per heavy atom. The highest BCUT2D eigenvalue weighted by Crippen LogP contribution is 2.24. The number of amides is 6. The number of nitrogens with one attached hydrogen (secondary N) is 5. The fourth-order valence-electron chi connectivity index (χ4n) is 6.79. The molecule has 3 aromatic carbocycles. The average Bonchev–Trinajstić information content (AvgIpc) is 3.62. The first-order valence-electron chi connectivity index (χ1n) is 20.8. The van der Waals surface area contributed by atoms with Crippen molar-refractivity contribution >= 4 is 75.1 Å². The van der Waals surface area contributed by atoms with E-state index < -0.39 is 47.5 Å². The van der Waals surface area contributed by atoms with Crippen LogP contribution in [0.3, 0.4) is 0 Å². The maximum absolute atomic E-state index is 13.6. The van der Waals surface area contributed by atoms with Crippen LogP contribution in [0.1, 0.15) is 74.9 Å². The van der Waals surface area contributed by atoms with E-state index in [0.717, 1.165) is 16.6 Å². The normalized spacial score (nSPS) is 12.0. The van der Waals surface area contributed by atoms with Gasteiger partial charge in [0.15, 0.2) is 18.9 Å². The molecule has 330 valence electrons. The highest BCUT2D eigenvalue weighted by Gasteiger charge is 2.29. The summed E-state index contributed by atoms with van der Waals surface area (Å²) in [5.41, 5.74) is 9.12. The Hall–Kier alpha value is -6.87. The number of aromatic nitrogens is 2. The minimum Gasteiger partial charge on any atom is -0.352 e. The Morgan fingerprint density at radius 2 is 1.40 bits per heavy atom. The Balaban J connectivity index is 1.17. The molecule has 7 N–H and O–H groups in total. The monoisotopic (exact) mass is 877 g/mol. The van der Waals surface area contributed by atoms with Crippen molar-refractivity contribution in [2.24, 2.45) is 17.6 Å². The molecular weight excluding hydrogens is 824 g/mol. The van der Waals surface area contributed by atoms with Crippen LogP contribution in [-0.2, 0) is 37.1 Å². The summed E-state index contributed by atoms with van der Waals surface area (Å²) in [7, 11) is 0. The molecule has 0 radical (unpaired) electrons. The van der Waals surface area contributed by atoms with Crippen LogP contribution in [-0.4, -0.2) is 64.4 Å². The van der Waals surface area contributed by atoms with Gasteiger partial charge in [-0.15, -0.1) is 0 Å². The lowest BCUT2D eigenvalue weighted by molar-refractivity contribution is -0.688. The number of carbonyl (C=O) groups excluding carboxylic acids is 7. The van der Waals surface area contributed by atoms with Crippen LogP contribution in [0.2, 0.25) is 5.02 Å². The molecule has 2 aromatic heterocycles. The number of anilines is 2. The van der Waals surface area contributed by atoms with Gasteiger partial charge in [0.05, 0.1) is 11.3 Å². The van der Waals surface area contributed by atoms with E-state index in [2.05, 4.69) is 26.6 Å². The quantitative estimate of drug-likeness (QED) is 0.0240. The lowest BCUT2D eigenvalue weighted by Crippen LogP contribution is -2.54. The van der Waals surface area contributed by atoms with Gasteiger partial charge in [0.1, 0.15) is 17.9 Å². The number of Topliss-reactive ketones (excluding diaryl/α,β-unsaturated/α-hetero) is 2. The molecule has 0 aliphatic rings. The van der Waals surface area contributed by atoms with Crippen molar-refractivity contribution in [2.75, 3.05) is 17.2 Å². The Morgan fingerprint density at radius 1 is 0.746 bits per heavy atom. The van der Waals surface area contributed by atoms with Crippen molar-refractivity contribution in [1.82, 2.24) is 20.5 Å². The van der Waals surface area contributed by atoms with Crippen LogP contribution in [0.25, 0.3) is 10.9 Å². The molecule has 2 heterocycles. The second-order valence-corrected chi connectivity index (χ2v) is 16.4. The summed E-state index contributed by atoms with van der Waals surface area (Å²) in [5.74, 6) is -3.51. The summed E-state index contributed by atoms with van der Waals surface area (Å²) in [5, 5.41) is 14.8. The summed E-state index contributed by atoms with van der Waals surface area (Å²) >= 11 is 6.05. The predicted octanol–water partition coefficient (Wildman–Crippen LogP) is 5.52. The second kappa shape index (κ2) is 22.3. The summed E-state index contributed by atoms with van der Waals surface area (Å²) in [6.07, 6.45) is 5.73. The fourth-order valence-corrected chi connectivity index (χ4v) is 6.92. The van der Waals surface area contributed by atoms with Crippen LogP contribution in [0.15, 0.2) is 104 Å². The number of benzene rings is 3. The number of carbonyl (C=O) groups is 7. The molecule has 0 bridgehead atoms. The van der Waals surface area contributed by atoms with Crippen LogP contribution in [0.5, 0.6) is 0 Å². The molecule has 15 nitrogen and oxygen atoms in total. The predicted molar refractivity (Wildman–Crippen MR) is 241 cm³/mol. The number of halogens is 1. The maximum Gasteiger partial charge on any atom is 0.312 e. The van der Waals surface area contributed by atoms with Gasteiger partial charge in [0, 0.05) is 77.4 Å². The second-order valence-electron chi connectivity index (χ2n) is 15.9. The number of ketones is 2. The minimum absolute atomic E-state index is 0.0558. The largest absolute Gasteiger partial charge is 0.352 e. The molecule has 0 saturated carbocycles. The SMILES string of the molecule is CC(C)C(=O)CCC(=O)N[C@H](C(=O)N[C@@H](CCCNC(N)=O)C(=O)Nc1ccc(C[n+]2ccc(NC(=O)C(=O)c3cn(Cc4ccc(Cl)cc4)c4ccccc34)cc2)cc1)C(C)C. The third-order valence-electron chi connectivity index (χ3n) is 10.4. The molecule has 0 aliphatic carbocycles. The van der Waals surface area contributed by atoms with Crippen LogP contribution in [0.4, 0.5) is 16.2 Å². The van der Waals surface area contributed by atoms with Gasteiger partial charge in [0.2, 0.25) is 17.7 Å². The molecule has 5 aromatic rings. The number of fused-ring (bicyclic) bond motifs is 1. The lowest BCUT2D eigenvalue weighted by atomic mass is 10.0. The molecule has 0 saturated heterocycles. The first-order chi connectivity index (χ1) is 30.1. The van der Waals surface area contributed by atoms with Crippen molar-refractivity contribution in [3.63, 3.8) is 0 Å². The third-order valence-corrected chi connectivity index (χ3v) is 10.6. The molecule has 0 unspecified atom stereocenters. The molecular formula is C47H54ClN8O7+. The molecule has 2 atom stereocenters. The van der Waals surface area contributed by atoms with E-state index in [9.17, 15) is 33.6 Å². The number of para-hydroxylation sites is 1. The number of nitrogens with zero attached hydrogens (tertiary/aromatic N) is 2. The molecule has 0 aliphatic heterocycles. The van der Waals surface area contributed by atoms with E-state index in [0.29, 0.717) is 46.9 Å². The first-order valence-corrected chi connectivity index (χ1v) is 21.2. The van der Waals surface area contributed by atoms with Gasteiger partial charge in [-0.25, -0.2) is 9.36 Å².